The maximum absolute atomic E-state index is 13.7. The van der Waals surface area contributed by atoms with Gasteiger partial charge in [0.05, 0.1) is 11.1 Å². The van der Waals surface area contributed by atoms with Gasteiger partial charge in [0.15, 0.2) is 6.61 Å². The number of ether oxygens (including phenoxy) is 1. The number of benzene rings is 2. The van der Waals surface area contributed by atoms with Crippen LogP contribution in [0.15, 0.2) is 53.0 Å². The van der Waals surface area contributed by atoms with Crippen molar-refractivity contribution < 1.29 is 18.7 Å². The van der Waals surface area contributed by atoms with Crippen molar-refractivity contribution in [3.63, 3.8) is 0 Å². The van der Waals surface area contributed by atoms with E-state index in [4.69, 9.17) is 4.74 Å². The van der Waals surface area contributed by atoms with Crippen molar-refractivity contribution in [1.82, 2.24) is 0 Å². The van der Waals surface area contributed by atoms with Gasteiger partial charge in [-0.2, -0.15) is 0 Å². The van der Waals surface area contributed by atoms with Crippen LogP contribution in [-0.2, 0) is 19.7 Å². The number of anilines is 1. The second-order valence-electron chi connectivity index (χ2n) is 5.70. The molecule has 4 nitrogen and oxygen atoms in total. The highest BCUT2D eigenvalue weighted by atomic mass is 79.9. The molecular weight excluding hydrogens is 377 g/mol. The lowest BCUT2D eigenvalue weighted by Crippen LogP contribution is -2.28. The molecule has 0 aliphatic heterocycles. The number of esters is 1. The zero-order valence-electron chi connectivity index (χ0n) is 12.7. The Morgan fingerprint density at radius 1 is 1.17 bits per heavy atom. The van der Waals surface area contributed by atoms with Crippen molar-refractivity contribution in [2.75, 3.05) is 11.9 Å². The summed E-state index contributed by atoms with van der Waals surface area (Å²) in [7, 11) is 0. The minimum absolute atomic E-state index is 0.0449. The first kappa shape index (κ1) is 16.6. The van der Waals surface area contributed by atoms with Crippen LogP contribution >= 0.6 is 15.9 Å². The van der Waals surface area contributed by atoms with Gasteiger partial charge in [0, 0.05) is 4.47 Å². The van der Waals surface area contributed by atoms with E-state index >= 15 is 0 Å². The van der Waals surface area contributed by atoms with Gasteiger partial charge in [-0.25, -0.2) is 4.39 Å². The number of hydrogen-bond donors (Lipinski definition) is 1. The molecule has 24 heavy (non-hydrogen) atoms. The number of carbonyl (C=O) groups excluding carboxylic acids is 2. The Morgan fingerprint density at radius 2 is 1.88 bits per heavy atom. The van der Waals surface area contributed by atoms with E-state index < -0.39 is 29.7 Å². The van der Waals surface area contributed by atoms with Gasteiger partial charge in [-0.15, -0.1) is 0 Å². The van der Waals surface area contributed by atoms with Gasteiger partial charge in [0.1, 0.15) is 5.82 Å². The molecule has 1 aliphatic carbocycles. The van der Waals surface area contributed by atoms with Crippen LogP contribution in [0.3, 0.4) is 0 Å². The molecule has 1 fully saturated rings. The maximum Gasteiger partial charge on any atom is 0.317 e. The van der Waals surface area contributed by atoms with Crippen LogP contribution in [0.4, 0.5) is 10.1 Å². The van der Waals surface area contributed by atoms with Crippen molar-refractivity contribution in [3.05, 3.63) is 64.4 Å². The predicted molar refractivity (Wildman–Crippen MR) is 91.0 cm³/mol. The summed E-state index contributed by atoms with van der Waals surface area (Å²) in [5.41, 5.74) is 0.308. The summed E-state index contributed by atoms with van der Waals surface area (Å²) in [6.45, 7) is -0.442. The fourth-order valence-corrected chi connectivity index (χ4v) is 2.87. The van der Waals surface area contributed by atoms with Gasteiger partial charge in [0.2, 0.25) is 0 Å². The van der Waals surface area contributed by atoms with Gasteiger partial charge in [-0.1, -0.05) is 46.3 Å². The lowest BCUT2D eigenvalue weighted by Gasteiger charge is -2.14. The second kappa shape index (κ2) is 6.73. The quantitative estimate of drug-likeness (QED) is 0.788. The molecule has 2 aromatic carbocycles. The molecule has 1 N–H and O–H groups in total. The molecule has 0 saturated heterocycles. The lowest BCUT2D eigenvalue weighted by atomic mass is 9.96. The average molecular weight is 392 g/mol. The summed E-state index contributed by atoms with van der Waals surface area (Å²) in [5.74, 6) is -1.56. The van der Waals surface area contributed by atoms with E-state index in [2.05, 4.69) is 21.2 Å². The normalized spacial score (nSPS) is 14.8. The maximum atomic E-state index is 13.7. The van der Waals surface area contributed by atoms with E-state index in [9.17, 15) is 14.0 Å². The Labute approximate surface area is 147 Å². The van der Waals surface area contributed by atoms with Crippen LogP contribution in [0.1, 0.15) is 18.4 Å². The van der Waals surface area contributed by atoms with Crippen molar-refractivity contribution in [1.29, 1.82) is 0 Å². The second-order valence-corrected chi connectivity index (χ2v) is 6.61. The summed E-state index contributed by atoms with van der Waals surface area (Å²) in [6.07, 6.45) is 1.41. The number of carbonyl (C=O) groups is 2. The topological polar surface area (TPSA) is 55.4 Å². The molecule has 2 aromatic rings. The molecule has 1 aliphatic rings. The van der Waals surface area contributed by atoms with Crippen LogP contribution < -0.4 is 5.32 Å². The SMILES string of the molecule is O=C(COC(=O)C1(c2ccccc2)CC1)Nc1ccc(Br)cc1F. The van der Waals surface area contributed by atoms with Gasteiger partial charge in [0.25, 0.3) is 5.91 Å². The van der Waals surface area contributed by atoms with Crippen molar-refractivity contribution >= 4 is 33.5 Å². The predicted octanol–water partition coefficient (Wildman–Crippen LogP) is 3.80. The molecular formula is C18H15BrFNO3. The average Bonchev–Trinajstić information content (AvgIpc) is 3.38. The minimum Gasteiger partial charge on any atom is -0.455 e. The number of amides is 1. The Balaban J connectivity index is 1.58. The molecule has 0 aromatic heterocycles. The van der Waals surface area contributed by atoms with Crippen molar-refractivity contribution in [2.45, 2.75) is 18.3 Å². The summed E-state index contributed by atoms with van der Waals surface area (Å²) in [6, 6.07) is 13.7. The smallest absolute Gasteiger partial charge is 0.317 e. The first-order valence-electron chi connectivity index (χ1n) is 7.49. The van der Waals surface area contributed by atoms with Crippen molar-refractivity contribution in [3.8, 4) is 0 Å². The first-order valence-corrected chi connectivity index (χ1v) is 8.28. The van der Waals surface area contributed by atoms with Crippen LogP contribution in [-0.4, -0.2) is 18.5 Å². The molecule has 0 radical (unpaired) electrons. The number of hydrogen-bond acceptors (Lipinski definition) is 3. The third kappa shape index (κ3) is 3.48. The Bertz CT molecular complexity index is 775. The van der Waals surface area contributed by atoms with Crippen LogP contribution in [0, 0.1) is 5.82 Å². The van der Waals surface area contributed by atoms with E-state index in [-0.39, 0.29) is 5.69 Å². The molecule has 0 spiro atoms. The van der Waals surface area contributed by atoms with E-state index in [1.165, 1.54) is 12.1 Å². The zero-order valence-corrected chi connectivity index (χ0v) is 14.3. The third-order valence-electron chi connectivity index (χ3n) is 4.01. The minimum atomic E-state index is -0.635. The van der Waals surface area contributed by atoms with Gasteiger partial charge >= 0.3 is 5.97 Å². The highest BCUT2D eigenvalue weighted by Crippen LogP contribution is 2.49. The molecule has 0 bridgehead atoms. The van der Waals surface area contributed by atoms with Crippen LogP contribution in [0.25, 0.3) is 0 Å². The Kier molecular flexibility index (Phi) is 4.66. The molecule has 1 saturated carbocycles. The highest BCUT2D eigenvalue weighted by Gasteiger charge is 2.52. The van der Waals surface area contributed by atoms with Crippen LogP contribution in [0.2, 0.25) is 0 Å². The summed E-state index contributed by atoms with van der Waals surface area (Å²) in [4.78, 5) is 24.2. The molecule has 0 unspecified atom stereocenters. The molecule has 1 amide bonds. The Hall–Kier alpha value is -2.21. The summed E-state index contributed by atoms with van der Waals surface area (Å²) < 4.78 is 19.4. The zero-order chi connectivity index (χ0) is 17.2. The molecule has 0 heterocycles. The fraction of sp³-hybridized carbons (Fsp3) is 0.222. The third-order valence-corrected chi connectivity index (χ3v) is 4.50. The lowest BCUT2D eigenvalue weighted by molar-refractivity contribution is -0.150. The van der Waals surface area contributed by atoms with E-state index in [0.29, 0.717) is 17.3 Å². The molecule has 6 heteroatoms. The van der Waals surface area contributed by atoms with E-state index in [1.807, 2.05) is 30.3 Å². The number of rotatable bonds is 5. The van der Waals surface area contributed by atoms with Crippen LogP contribution in [0.5, 0.6) is 0 Å². The summed E-state index contributed by atoms with van der Waals surface area (Å²) >= 11 is 3.14. The molecule has 3 rings (SSSR count). The number of halogens is 2. The molecule has 0 atom stereocenters. The van der Waals surface area contributed by atoms with Gasteiger partial charge in [-0.3, -0.25) is 9.59 Å². The van der Waals surface area contributed by atoms with Gasteiger partial charge < -0.3 is 10.1 Å². The Morgan fingerprint density at radius 3 is 2.50 bits per heavy atom. The van der Waals surface area contributed by atoms with Gasteiger partial charge in [-0.05, 0) is 36.6 Å². The van der Waals surface area contributed by atoms with Crippen molar-refractivity contribution in [2.24, 2.45) is 0 Å². The first-order chi connectivity index (χ1) is 11.5. The van der Waals surface area contributed by atoms with E-state index in [1.54, 1.807) is 6.07 Å². The fourth-order valence-electron chi connectivity index (χ4n) is 2.54. The standard InChI is InChI=1S/C18H15BrFNO3/c19-13-6-7-15(14(20)10-13)21-16(22)11-24-17(23)18(8-9-18)12-4-2-1-3-5-12/h1-7,10H,8-9,11H2,(H,21,22). The monoisotopic (exact) mass is 391 g/mol. The van der Waals surface area contributed by atoms with E-state index in [0.717, 1.165) is 5.56 Å². The molecule has 124 valence electrons. The largest absolute Gasteiger partial charge is 0.455 e. The summed E-state index contributed by atoms with van der Waals surface area (Å²) in [5, 5.41) is 2.39. The highest BCUT2D eigenvalue weighted by molar-refractivity contribution is 9.10. The number of nitrogens with one attached hydrogen (secondary N) is 1.